The van der Waals surface area contributed by atoms with Crippen LogP contribution in [0.4, 0.5) is 0 Å². The third-order valence-electron chi connectivity index (χ3n) is 4.12. The molecule has 28 heavy (non-hydrogen) atoms. The molecule has 9 heteroatoms. The topological polar surface area (TPSA) is 125 Å². The molecule has 0 heterocycles. The molecule has 0 saturated carbocycles. The molecule has 0 aliphatic carbocycles. The summed E-state index contributed by atoms with van der Waals surface area (Å²) in [5, 5.41) is 11.2. The minimum absolute atomic E-state index is 0.295. The van der Waals surface area contributed by atoms with Crippen LogP contribution in [0.1, 0.15) is 22.8 Å². The first-order chi connectivity index (χ1) is 13.2. The Hall–Kier alpha value is -2.75. The van der Waals surface area contributed by atoms with Gasteiger partial charge in [-0.05, 0) is 35.2 Å². The van der Waals surface area contributed by atoms with Gasteiger partial charge in [0.05, 0.1) is 6.26 Å². The minimum Gasteiger partial charge on any atom is -0.339 e. The predicted octanol–water partition coefficient (Wildman–Crippen LogP) is 1.07. The summed E-state index contributed by atoms with van der Waals surface area (Å²) in [5.41, 5.74) is 4.88. The first-order valence-electron chi connectivity index (χ1n) is 8.62. The second-order valence-corrected chi connectivity index (χ2v) is 8.08. The van der Waals surface area contributed by atoms with E-state index in [1.165, 1.54) is 11.0 Å². The molecule has 0 saturated heterocycles. The van der Waals surface area contributed by atoms with E-state index in [9.17, 15) is 18.0 Å². The van der Waals surface area contributed by atoms with Crippen LogP contribution >= 0.6 is 0 Å². The van der Waals surface area contributed by atoms with E-state index in [4.69, 9.17) is 5.21 Å². The van der Waals surface area contributed by atoms with Gasteiger partial charge >= 0.3 is 0 Å². The summed E-state index contributed by atoms with van der Waals surface area (Å²) in [6, 6.07) is 13.6. The Balaban J connectivity index is 2.10. The van der Waals surface area contributed by atoms with Crippen molar-refractivity contribution in [2.45, 2.75) is 19.4 Å². The number of hydrogen-bond donors (Lipinski definition) is 4. The molecule has 150 valence electrons. The van der Waals surface area contributed by atoms with Crippen molar-refractivity contribution in [2.75, 3.05) is 12.8 Å². The molecule has 1 unspecified atom stereocenters. The highest BCUT2D eigenvalue weighted by atomic mass is 32.2. The molecule has 0 aliphatic rings. The quantitative estimate of drug-likeness (QED) is 0.386. The lowest BCUT2D eigenvalue weighted by atomic mass is 10.0. The Bertz CT molecular complexity index is 925. The van der Waals surface area contributed by atoms with Crippen molar-refractivity contribution in [3.8, 4) is 11.1 Å². The maximum Gasteiger partial charge on any atom is 0.267 e. The first kappa shape index (κ1) is 21.5. The molecule has 0 aliphatic heterocycles. The van der Waals surface area contributed by atoms with Crippen LogP contribution in [0.3, 0.4) is 0 Å². The average Bonchev–Trinajstić information content (AvgIpc) is 2.69. The Labute approximate surface area is 164 Å². The fourth-order valence-corrected chi connectivity index (χ4v) is 2.98. The van der Waals surface area contributed by atoms with Crippen LogP contribution in [0.5, 0.6) is 0 Å². The van der Waals surface area contributed by atoms with Gasteiger partial charge in [0.25, 0.3) is 11.8 Å². The lowest BCUT2D eigenvalue weighted by molar-refractivity contribution is -0.131. The van der Waals surface area contributed by atoms with E-state index < -0.39 is 34.4 Å². The molecule has 1 atom stereocenters. The molecule has 0 aromatic heterocycles. The lowest BCUT2D eigenvalue weighted by Gasteiger charge is -2.17. The first-order valence-corrected chi connectivity index (χ1v) is 10.5. The summed E-state index contributed by atoms with van der Waals surface area (Å²) in [5.74, 6) is -1.51. The van der Waals surface area contributed by atoms with Gasteiger partial charge in [-0.2, -0.15) is 0 Å². The summed E-state index contributed by atoms with van der Waals surface area (Å²) in [6.07, 6.45) is 1.88. The number of carbonyl (C=O) groups is 2. The van der Waals surface area contributed by atoms with Gasteiger partial charge < -0.3 is 5.32 Å². The van der Waals surface area contributed by atoms with Crippen LogP contribution in [0.25, 0.3) is 11.1 Å². The van der Waals surface area contributed by atoms with Crippen LogP contribution < -0.4 is 15.5 Å². The predicted molar refractivity (Wildman–Crippen MR) is 105 cm³/mol. The van der Waals surface area contributed by atoms with Crippen molar-refractivity contribution in [2.24, 2.45) is 0 Å². The fourth-order valence-electron chi connectivity index (χ4n) is 2.51. The molecule has 0 radical (unpaired) electrons. The second-order valence-electron chi connectivity index (χ2n) is 6.25. The molecule has 2 rings (SSSR count). The molecule has 0 fully saturated rings. The molecule has 2 aromatic rings. The van der Waals surface area contributed by atoms with Gasteiger partial charge in [-0.1, -0.05) is 43.3 Å². The number of sulfonamides is 1. The van der Waals surface area contributed by atoms with E-state index in [2.05, 4.69) is 17.0 Å². The van der Waals surface area contributed by atoms with Crippen LogP contribution in [0, 0.1) is 0 Å². The SMILES string of the molecule is CCc1ccc(-c2ccc(C(=O)NC(CNS(C)(=O)=O)C(=O)NO)cc2)cc1. The highest BCUT2D eigenvalue weighted by molar-refractivity contribution is 7.88. The molecular weight excluding hydrogens is 382 g/mol. The number of benzene rings is 2. The highest BCUT2D eigenvalue weighted by Gasteiger charge is 2.22. The van der Waals surface area contributed by atoms with Gasteiger partial charge in [0.15, 0.2) is 0 Å². The number of rotatable bonds is 8. The van der Waals surface area contributed by atoms with E-state index >= 15 is 0 Å². The van der Waals surface area contributed by atoms with Gasteiger partial charge in [0.1, 0.15) is 6.04 Å². The van der Waals surface area contributed by atoms with Crippen molar-refractivity contribution in [3.05, 3.63) is 59.7 Å². The van der Waals surface area contributed by atoms with E-state index in [1.807, 2.05) is 24.3 Å². The van der Waals surface area contributed by atoms with Gasteiger partial charge in [0.2, 0.25) is 10.0 Å². The molecule has 8 nitrogen and oxygen atoms in total. The zero-order valence-corrected chi connectivity index (χ0v) is 16.4. The smallest absolute Gasteiger partial charge is 0.267 e. The fraction of sp³-hybridized carbons (Fsp3) is 0.263. The van der Waals surface area contributed by atoms with E-state index in [-0.39, 0.29) is 0 Å². The van der Waals surface area contributed by atoms with Gasteiger partial charge in [-0.15, -0.1) is 0 Å². The lowest BCUT2D eigenvalue weighted by Crippen LogP contribution is -2.51. The standard InChI is InChI=1S/C19H23N3O5S/c1-3-13-4-6-14(7-5-13)15-8-10-16(11-9-15)18(23)21-17(19(24)22-25)12-20-28(2,26)27/h4-11,17,20,25H,3,12H2,1-2H3,(H,21,23)(H,22,24). The normalized spacial score (nSPS) is 12.2. The highest BCUT2D eigenvalue weighted by Crippen LogP contribution is 2.20. The largest absolute Gasteiger partial charge is 0.339 e. The average molecular weight is 405 g/mol. The maximum atomic E-state index is 12.4. The van der Waals surface area contributed by atoms with Crippen LogP contribution in [-0.4, -0.2) is 44.3 Å². The van der Waals surface area contributed by atoms with E-state index in [0.717, 1.165) is 23.8 Å². The summed E-state index contributed by atoms with van der Waals surface area (Å²) < 4.78 is 24.5. The molecular formula is C19H23N3O5S. The summed E-state index contributed by atoms with van der Waals surface area (Å²) in [4.78, 5) is 24.1. The number of amides is 2. The van der Waals surface area contributed by atoms with Crippen LogP contribution in [0.2, 0.25) is 0 Å². The van der Waals surface area contributed by atoms with Gasteiger partial charge in [-0.25, -0.2) is 18.6 Å². The summed E-state index contributed by atoms with van der Waals surface area (Å²) in [6.45, 7) is 1.69. The zero-order valence-electron chi connectivity index (χ0n) is 15.6. The van der Waals surface area contributed by atoms with Crippen molar-refractivity contribution in [1.82, 2.24) is 15.5 Å². The zero-order chi connectivity index (χ0) is 20.7. The monoisotopic (exact) mass is 405 g/mol. The van der Waals surface area contributed by atoms with Gasteiger partial charge in [0, 0.05) is 12.1 Å². The molecule has 0 bridgehead atoms. The third kappa shape index (κ3) is 6.15. The minimum atomic E-state index is -3.57. The summed E-state index contributed by atoms with van der Waals surface area (Å²) in [7, 11) is -3.57. The Morgan fingerprint density at radius 1 is 1.00 bits per heavy atom. The van der Waals surface area contributed by atoms with E-state index in [1.54, 1.807) is 24.3 Å². The van der Waals surface area contributed by atoms with Gasteiger partial charge in [-0.3, -0.25) is 14.8 Å². The maximum absolute atomic E-state index is 12.4. The van der Waals surface area contributed by atoms with Crippen molar-refractivity contribution < 1.29 is 23.2 Å². The summed E-state index contributed by atoms with van der Waals surface area (Å²) >= 11 is 0. The molecule has 2 aromatic carbocycles. The van der Waals surface area contributed by atoms with Crippen molar-refractivity contribution >= 4 is 21.8 Å². The Morgan fingerprint density at radius 2 is 1.54 bits per heavy atom. The van der Waals surface area contributed by atoms with Crippen LogP contribution in [-0.2, 0) is 21.2 Å². The Morgan fingerprint density at radius 3 is 2.00 bits per heavy atom. The van der Waals surface area contributed by atoms with Crippen molar-refractivity contribution in [3.63, 3.8) is 0 Å². The number of hydroxylamine groups is 1. The number of hydrogen-bond acceptors (Lipinski definition) is 5. The molecule has 0 spiro atoms. The number of aryl methyl sites for hydroxylation is 1. The molecule has 2 amide bonds. The van der Waals surface area contributed by atoms with Crippen molar-refractivity contribution in [1.29, 1.82) is 0 Å². The van der Waals surface area contributed by atoms with E-state index in [0.29, 0.717) is 5.56 Å². The number of carbonyl (C=O) groups excluding carboxylic acids is 2. The third-order valence-corrected chi connectivity index (χ3v) is 4.82. The van der Waals surface area contributed by atoms with Crippen LogP contribution in [0.15, 0.2) is 48.5 Å². The number of nitrogens with one attached hydrogen (secondary N) is 3. The molecule has 4 N–H and O–H groups in total. The Kier molecular flexibility index (Phi) is 7.27. The second kappa shape index (κ2) is 9.45.